The zero-order chi connectivity index (χ0) is 21.8. The Morgan fingerprint density at radius 3 is 2.67 bits per heavy atom. The fraction of sp³-hybridized carbons (Fsp3) is 0.350. The zero-order valence-electron chi connectivity index (χ0n) is 17.3. The van der Waals surface area contributed by atoms with Crippen LogP contribution in [0.4, 0.5) is 5.95 Å². The Kier molecular flexibility index (Phi) is 6.51. The van der Waals surface area contributed by atoms with Crippen molar-refractivity contribution in [3.63, 3.8) is 0 Å². The van der Waals surface area contributed by atoms with Crippen LogP contribution in [0.3, 0.4) is 0 Å². The highest BCUT2D eigenvalue weighted by Gasteiger charge is 2.16. The molecule has 0 saturated carbocycles. The summed E-state index contributed by atoms with van der Waals surface area (Å²) in [5.41, 5.74) is 0.648. The number of H-pyrrole nitrogens is 1. The molecule has 0 radical (unpaired) electrons. The molecule has 0 spiro atoms. The number of anilines is 1. The minimum atomic E-state index is -0.516. The number of nitrogens with zero attached hydrogens (tertiary/aromatic N) is 3. The van der Waals surface area contributed by atoms with Gasteiger partial charge in [0.25, 0.3) is 5.56 Å². The fourth-order valence-corrected chi connectivity index (χ4v) is 3.19. The van der Waals surface area contributed by atoms with Gasteiger partial charge in [0.15, 0.2) is 22.7 Å². The van der Waals surface area contributed by atoms with Crippen LogP contribution in [0.5, 0.6) is 11.5 Å². The third-order valence-corrected chi connectivity index (χ3v) is 4.86. The van der Waals surface area contributed by atoms with Crippen LogP contribution in [0.2, 0.25) is 0 Å². The summed E-state index contributed by atoms with van der Waals surface area (Å²) in [6.07, 6.45) is 2.45. The molecule has 0 amide bonds. The summed E-state index contributed by atoms with van der Waals surface area (Å²) in [4.78, 5) is 31.1. The van der Waals surface area contributed by atoms with Crippen molar-refractivity contribution in [3.05, 3.63) is 55.7 Å². The van der Waals surface area contributed by atoms with E-state index in [9.17, 15) is 9.59 Å². The average molecular weight is 434 g/mol. The number of fused-ring (bicyclic) bond motifs is 1. The van der Waals surface area contributed by atoms with E-state index in [1.807, 2.05) is 18.2 Å². The van der Waals surface area contributed by atoms with Crippen molar-refractivity contribution in [1.29, 1.82) is 0 Å². The minimum absolute atomic E-state index is 0.304. The molecule has 160 valence electrons. The van der Waals surface area contributed by atoms with E-state index >= 15 is 0 Å². The molecule has 0 unspecified atom stereocenters. The van der Waals surface area contributed by atoms with Crippen LogP contribution in [0.15, 0.2) is 38.9 Å². The predicted octanol–water partition coefficient (Wildman–Crippen LogP) is 2.24. The SMILES string of the molecule is COc1ccc(CCNc2nc3c(c(=O)[nH]c(=O)n3C)n2C/C=C(\C)Cl)cc1OC. The lowest BCUT2D eigenvalue weighted by Gasteiger charge is -2.11. The van der Waals surface area contributed by atoms with E-state index in [4.69, 9.17) is 21.1 Å². The molecule has 30 heavy (non-hydrogen) atoms. The first kappa shape index (κ1) is 21.5. The number of aryl methyl sites for hydroxylation is 1. The second kappa shape index (κ2) is 9.08. The molecule has 9 nitrogen and oxygen atoms in total. The summed E-state index contributed by atoms with van der Waals surface area (Å²) < 4.78 is 13.6. The van der Waals surface area contributed by atoms with Crippen LogP contribution < -0.4 is 26.0 Å². The monoisotopic (exact) mass is 433 g/mol. The molecule has 0 aliphatic heterocycles. The molecule has 3 aromatic rings. The fourth-order valence-electron chi connectivity index (χ4n) is 3.12. The summed E-state index contributed by atoms with van der Waals surface area (Å²) in [5.74, 6) is 1.80. The van der Waals surface area contributed by atoms with Crippen LogP contribution >= 0.6 is 11.6 Å². The van der Waals surface area contributed by atoms with Gasteiger partial charge < -0.3 is 19.4 Å². The number of methoxy groups -OCH3 is 2. The lowest BCUT2D eigenvalue weighted by atomic mass is 10.1. The maximum Gasteiger partial charge on any atom is 0.329 e. The third-order valence-electron chi connectivity index (χ3n) is 4.71. The van der Waals surface area contributed by atoms with Gasteiger partial charge in [0, 0.05) is 25.2 Å². The van der Waals surface area contributed by atoms with E-state index < -0.39 is 11.2 Å². The van der Waals surface area contributed by atoms with Gasteiger partial charge in [0.1, 0.15) is 0 Å². The maximum atomic E-state index is 12.4. The molecule has 2 aromatic heterocycles. The number of benzene rings is 1. The van der Waals surface area contributed by atoms with Gasteiger partial charge in [-0.25, -0.2) is 4.79 Å². The van der Waals surface area contributed by atoms with Crippen LogP contribution in [0.25, 0.3) is 11.2 Å². The summed E-state index contributed by atoms with van der Waals surface area (Å²) >= 11 is 5.98. The molecule has 3 rings (SSSR count). The zero-order valence-corrected chi connectivity index (χ0v) is 18.0. The highest BCUT2D eigenvalue weighted by atomic mass is 35.5. The number of ether oxygens (including phenoxy) is 2. The number of hydrogen-bond donors (Lipinski definition) is 2. The number of aromatic nitrogens is 4. The highest BCUT2D eigenvalue weighted by Crippen LogP contribution is 2.27. The lowest BCUT2D eigenvalue weighted by Crippen LogP contribution is -2.29. The van der Waals surface area contributed by atoms with E-state index in [0.29, 0.717) is 53.2 Å². The summed E-state index contributed by atoms with van der Waals surface area (Å²) in [7, 11) is 4.75. The predicted molar refractivity (Wildman–Crippen MR) is 117 cm³/mol. The van der Waals surface area contributed by atoms with E-state index in [1.165, 1.54) is 4.57 Å². The summed E-state index contributed by atoms with van der Waals surface area (Å²) in [6.45, 7) is 2.64. The molecule has 0 bridgehead atoms. The topological polar surface area (TPSA) is 103 Å². The standard InChI is InChI=1S/C20H24ClN5O4/c1-12(21)8-10-26-16-17(25(2)20(28)24-18(16)27)23-19(26)22-9-7-13-5-6-14(29-3)15(11-13)30-4/h5-6,8,11H,7,9-10H2,1-4H3,(H,22,23)(H,24,27,28)/b12-8+. The Labute approximate surface area is 177 Å². The number of aromatic amines is 1. The average Bonchev–Trinajstić information content (AvgIpc) is 3.09. The van der Waals surface area contributed by atoms with E-state index in [0.717, 1.165) is 5.56 Å². The van der Waals surface area contributed by atoms with Crippen LogP contribution in [0.1, 0.15) is 12.5 Å². The minimum Gasteiger partial charge on any atom is -0.493 e. The van der Waals surface area contributed by atoms with Crippen molar-refractivity contribution in [2.45, 2.75) is 19.9 Å². The van der Waals surface area contributed by atoms with Crippen LogP contribution in [-0.2, 0) is 20.0 Å². The van der Waals surface area contributed by atoms with Gasteiger partial charge in [-0.15, -0.1) is 0 Å². The third kappa shape index (κ3) is 4.35. The van der Waals surface area contributed by atoms with Gasteiger partial charge in [-0.2, -0.15) is 4.98 Å². The van der Waals surface area contributed by atoms with Crippen molar-refractivity contribution in [2.75, 3.05) is 26.1 Å². The van der Waals surface area contributed by atoms with Gasteiger partial charge in [0.05, 0.1) is 14.2 Å². The van der Waals surface area contributed by atoms with Crippen molar-refractivity contribution in [1.82, 2.24) is 19.1 Å². The van der Waals surface area contributed by atoms with Crippen molar-refractivity contribution in [2.24, 2.45) is 7.05 Å². The second-order valence-corrected chi connectivity index (χ2v) is 7.29. The maximum absolute atomic E-state index is 12.4. The molecule has 0 aliphatic carbocycles. The van der Waals surface area contributed by atoms with Crippen molar-refractivity contribution >= 4 is 28.7 Å². The number of hydrogen-bond acceptors (Lipinski definition) is 6. The Bertz CT molecular complexity index is 1200. The largest absolute Gasteiger partial charge is 0.493 e. The molecule has 10 heteroatoms. The molecular weight excluding hydrogens is 410 g/mol. The second-order valence-electron chi connectivity index (χ2n) is 6.69. The number of allylic oxidation sites excluding steroid dienone is 2. The Hall–Kier alpha value is -3.20. The first-order valence-electron chi connectivity index (χ1n) is 9.32. The van der Waals surface area contributed by atoms with Gasteiger partial charge in [-0.05, 0) is 31.0 Å². The molecule has 1 aromatic carbocycles. The Morgan fingerprint density at radius 1 is 1.27 bits per heavy atom. The molecule has 0 fully saturated rings. The van der Waals surface area contributed by atoms with E-state index in [1.54, 1.807) is 38.8 Å². The molecule has 2 N–H and O–H groups in total. The molecule has 0 aliphatic rings. The molecule has 2 heterocycles. The number of rotatable bonds is 8. The quantitative estimate of drug-likeness (QED) is 0.564. The lowest BCUT2D eigenvalue weighted by molar-refractivity contribution is 0.354. The number of halogens is 1. The highest BCUT2D eigenvalue weighted by molar-refractivity contribution is 6.29. The van der Waals surface area contributed by atoms with E-state index in [-0.39, 0.29) is 0 Å². The van der Waals surface area contributed by atoms with Crippen molar-refractivity contribution < 1.29 is 9.47 Å². The number of imidazole rings is 1. The van der Waals surface area contributed by atoms with Gasteiger partial charge in [-0.1, -0.05) is 23.7 Å². The smallest absolute Gasteiger partial charge is 0.329 e. The Balaban J connectivity index is 1.90. The molecule has 0 atom stereocenters. The first-order valence-corrected chi connectivity index (χ1v) is 9.70. The normalized spacial score (nSPS) is 11.7. The van der Waals surface area contributed by atoms with Crippen molar-refractivity contribution in [3.8, 4) is 11.5 Å². The first-order chi connectivity index (χ1) is 14.3. The summed E-state index contributed by atoms with van der Waals surface area (Å²) in [6, 6.07) is 5.73. The van der Waals surface area contributed by atoms with Gasteiger partial charge in [0.2, 0.25) is 5.95 Å². The Morgan fingerprint density at radius 2 is 2.00 bits per heavy atom. The van der Waals surface area contributed by atoms with E-state index in [2.05, 4.69) is 15.3 Å². The number of nitrogens with one attached hydrogen (secondary N) is 2. The van der Waals surface area contributed by atoms with Gasteiger partial charge in [-0.3, -0.25) is 14.3 Å². The molecule has 0 saturated heterocycles. The van der Waals surface area contributed by atoms with Crippen LogP contribution in [0, 0.1) is 0 Å². The molecular formula is C20H24ClN5O4. The van der Waals surface area contributed by atoms with Crippen LogP contribution in [-0.4, -0.2) is 39.9 Å². The summed E-state index contributed by atoms with van der Waals surface area (Å²) in [5, 5.41) is 3.85. The van der Waals surface area contributed by atoms with Gasteiger partial charge >= 0.3 is 5.69 Å².